The minimum absolute atomic E-state index is 0.00974. The van der Waals surface area contributed by atoms with E-state index in [0.717, 1.165) is 38.5 Å². The molecule has 4 nitrogen and oxygen atoms in total. The number of para-hydroxylation sites is 1. The maximum atomic E-state index is 7.32. The second-order valence-corrected chi connectivity index (χ2v) is 26.7. The molecule has 0 saturated carbocycles. The van der Waals surface area contributed by atoms with Gasteiger partial charge in [-0.3, -0.25) is 0 Å². The summed E-state index contributed by atoms with van der Waals surface area (Å²) in [7, 11) is 0. The predicted octanol–water partition coefficient (Wildman–Crippen LogP) is 17.3. The standard InChI is InChI=1S/C64H61BN2O2S/c1-60(2,3)34-18-22-37(23-19-34)67-47-31-40-38-24-20-36(62(7,8)9)29-49(38)68-50(40)32-42(47)52-53-39-16-14-15-17-48(39)69-58(53)54-41-28-35(61(4,5)6)21-25-46(41)66-56-43-30-44-45(64(12,13)27-26-63(44,10)11)33-51(43)70-59(56)65(67)55(52)57(54)66/h14-25,28-33H,26-27H2,1-13H3. The molecule has 2 aliphatic heterocycles. The molecule has 7 aromatic carbocycles. The van der Waals surface area contributed by atoms with E-state index >= 15 is 0 Å². The molecule has 0 atom stereocenters. The fraction of sp³-hybridized carbons (Fsp3) is 0.312. The first kappa shape index (κ1) is 42.6. The van der Waals surface area contributed by atoms with Crippen LogP contribution < -0.4 is 15.1 Å². The molecule has 3 aliphatic rings. The fourth-order valence-electron chi connectivity index (χ4n) is 12.9. The number of fused-ring (bicyclic) bond motifs is 19. The lowest BCUT2D eigenvalue weighted by Crippen LogP contribution is -2.59. The zero-order chi connectivity index (χ0) is 48.5. The van der Waals surface area contributed by atoms with E-state index in [4.69, 9.17) is 8.83 Å². The number of hydrogen-bond acceptors (Lipinski definition) is 4. The third-order valence-electron chi connectivity index (χ3n) is 17.1. The van der Waals surface area contributed by atoms with Crippen LogP contribution in [0.1, 0.15) is 131 Å². The van der Waals surface area contributed by atoms with Gasteiger partial charge in [0, 0.05) is 58.7 Å². The summed E-state index contributed by atoms with van der Waals surface area (Å²) in [6, 6.07) is 42.4. The van der Waals surface area contributed by atoms with Crippen molar-refractivity contribution < 1.29 is 8.83 Å². The van der Waals surface area contributed by atoms with Crippen molar-refractivity contribution in [3.8, 4) is 16.8 Å². The van der Waals surface area contributed by atoms with Crippen LogP contribution in [0.3, 0.4) is 0 Å². The average molecular weight is 933 g/mol. The van der Waals surface area contributed by atoms with Gasteiger partial charge >= 0.3 is 6.85 Å². The lowest BCUT2D eigenvalue weighted by atomic mass is 9.47. The highest BCUT2D eigenvalue weighted by molar-refractivity contribution is 7.32. The van der Waals surface area contributed by atoms with Crippen molar-refractivity contribution in [2.75, 3.05) is 4.81 Å². The van der Waals surface area contributed by atoms with E-state index < -0.39 is 0 Å². The SMILES string of the molecule is CC(C)(C)c1ccc(N2B3c4sc5cc6c(cc5c4-n4c5ccc(C(C)(C)C)cc5c5c7oc8ccccc8c7c(c3c54)-c3cc4oc5cc(C(C)(C)C)ccc5c4cc32)C(C)(C)CCC6(C)C)cc1. The van der Waals surface area contributed by atoms with Gasteiger partial charge in [-0.25, -0.2) is 0 Å². The molecule has 0 amide bonds. The number of thiophene rings is 1. The molecule has 0 radical (unpaired) electrons. The van der Waals surface area contributed by atoms with Crippen LogP contribution in [0.25, 0.3) is 92.6 Å². The van der Waals surface area contributed by atoms with Gasteiger partial charge in [0.1, 0.15) is 22.3 Å². The summed E-state index contributed by atoms with van der Waals surface area (Å²) in [4.78, 5) is 2.71. The Morgan fingerprint density at radius 3 is 1.91 bits per heavy atom. The minimum Gasteiger partial charge on any atom is -0.456 e. The van der Waals surface area contributed by atoms with Crippen molar-refractivity contribution in [2.24, 2.45) is 0 Å². The summed E-state index contributed by atoms with van der Waals surface area (Å²) in [6.07, 6.45) is 2.34. The van der Waals surface area contributed by atoms with E-state index in [9.17, 15) is 0 Å². The number of rotatable bonds is 1. The predicted molar refractivity (Wildman–Crippen MR) is 301 cm³/mol. The number of benzene rings is 7. The maximum Gasteiger partial charge on any atom is 0.343 e. The van der Waals surface area contributed by atoms with E-state index in [0.29, 0.717) is 0 Å². The van der Waals surface area contributed by atoms with Gasteiger partial charge in [0.05, 0.1) is 22.1 Å². The smallest absolute Gasteiger partial charge is 0.343 e. The van der Waals surface area contributed by atoms with E-state index in [1.807, 2.05) is 11.3 Å². The van der Waals surface area contributed by atoms with Gasteiger partial charge in [0.25, 0.3) is 0 Å². The fourth-order valence-corrected chi connectivity index (χ4v) is 14.2. The number of nitrogens with zero attached hydrogens (tertiary/aromatic N) is 2. The van der Waals surface area contributed by atoms with E-state index in [2.05, 4.69) is 209 Å². The van der Waals surface area contributed by atoms with Crippen molar-refractivity contribution in [2.45, 2.75) is 130 Å². The van der Waals surface area contributed by atoms with E-state index in [-0.39, 0.29) is 33.9 Å². The van der Waals surface area contributed by atoms with Crippen molar-refractivity contribution in [3.05, 3.63) is 137 Å². The molecule has 0 bridgehead atoms. The summed E-state index contributed by atoms with van der Waals surface area (Å²) in [5.41, 5.74) is 20.6. The van der Waals surface area contributed by atoms with Crippen LogP contribution in [-0.4, -0.2) is 11.4 Å². The van der Waals surface area contributed by atoms with Gasteiger partial charge in [-0.05, 0) is 139 Å². The number of hydrogen-bond donors (Lipinski definition) is 0. The summed E-state index contributed by atoms with van der Waals surface area (Å²) < 4.78 is 19.8. The van der Waals surface area contributed by atoms with Crippen LogP contribution in [0.15, 0.2) is 118 Å². The maximum absolute atomic E-state index is 7.32. The Labute approximate surface area is 415 Å². The Hall–Kier alpha value is -6.24. The lowest BCUT2D eigenvalue weighted by molar-refractivity contribution is 0.332. The largest absolute Gasteiger partial charge is 0.456 e. The molecule has 70 heavy (non-hydrogen) atoms. The Bertz CT molecular complexity index is 4130. The highest BCUT2D eigenvalue weighted by Gasteiger charge is 2.49. The summed E-state index contributed by atoms with van der Waals surface area (Å²) >= 11 is 2.01. The lowest BCUT2D eigenvalue weighted by Gasteiger charge is -2.42. The summed E-state index contributed by atoms with van der Waals surface area (Å²) in [6.45, 7) is 30.5. The molecule has 1 aliphatic carbocycles. The third kappa shape index (κ3) is 5.60. The Morgan fingerprint density at radius 1 is 0.557 bits per heavy atom. The molecule has 348 valence electrons. The number of furan rings is 2. The zero-order valence-electron chi connectivity index (χ0n) is 43.0. The van der Waals surface area contributed by atoms with Crippen LogP contribution >= 0.6 is 11.3 Å². The van der Waals surface area contributed by atoms with E-state index in [1.165, 1.54) is 116 Å². The van der Waals surface area contributed by atoms with Gasteiger partial charge in [0.15, 0.2) is 0 Å². The molecule has 6 heteroatoms. The van der Waals surface area contributed by atoms with Gasteiger partial charge in [-0.2, -0.15) is 0 Å². The molecule has 4 aromatic heterocycles. The molecule has 0 saturated heterocycles. The molecule has 0 unspecified atom stereocenters. The topological polar surface area (TPSA) is 34.5 Å². The van der Waals surface area contributed by atoms with Crippen molar-refractivity contribution in [1.82, 2.24) is 4.57 Å². The second kappa shape index (κ2) is 13.4. The number of anilines is 2. The van der Waals surface area contributed by atoms with Crippen molar-refractivity contribution in [3.63, 3.8) is 0 Å². The molecule has 0 N–H and O–H groups in total. The van der Waals surface area contributed by atoms with Crippen molar-refractivity contribution in [1.29, 1.82) is 0 Å². The summed E-state index contributed by atoms with van der Waals surface area (Å²) in [5, 5.41) is 8.40. The van der Waals surface area contributed by atoms with Crippen molar-refractivity contribution >= 4 is 116 Å². The molecule has 14 rings (SSSR count). The Kier molecular flexibility index (Phi) is 8.15. The highest BCUT2D eigenvalue weighted by Crippen LogP contribution is 2.55. The first-order valence-corrected chi connectivity index (χ1v) is 26.4. The molecule has 11 aromatic rings. The third-order valence-corrected chi connectivity index (χ3v) is 18.3. The molecule has 0 fully saturated rings. The summed E-state index contributed by atoms with van der Waals surface area (Å²) in [5.74, 6) is 0. The Morgan fingerprint density at radius 2 is 1.20 bits per heavy atom. The van der Waals surface area contributed by atoms with Crippen LogP contribution in [0, 0.1) is 0 Å². The molecule has 6 heterocycles. The van der Waals surface area contributed by atoms with Crippen LogP contribution in [0.5, 0.6) is 0 Å². The van der Waals surface area contributed by atoms with Crippen LogP contribution in [0.4, 0.5) is 11.4 Å². The molecule has 0 spiro atoms. The Balaban J connectivity index is 1.22. The van der Waals surface area contributed by atoms with Crippen LogP contribution in [0.2, 0.25) is 0 Å². The van der Waals surface area contributed by atoms with Gasteiger partial charge in [-0.1, -0.05) is 139 Å². The van der Waals surface area contributed by atoms with Gasteiger partial charge < -0.3 is 18.2 Å². The second-order valence-electron chi connectivity index (χ2n) is 25.6. The monoisotopic (exact) mass is 932 g/mol. The first-order chi connectivity index (χ1) is 33.1. The zero-order valence-corrected chi connectivity index (χ0v) is 43.8. The molecular weight excluding hydrogens is 872 g/mol. The normalized spacial score (nSPS) is 16.4. The van der Waals surface area contributed by atoms with E-state index in [1.54, 1.807) is 0 Å². The first-order valence-electron chi connectivity index (χ1n) is 25.6. The quantitative estimate of drug-likeness (QED) is 0.154. The van der Waals surface area contributed by atoms with Gasteiger partial charge in [-0.15, -0.1) is 11.3 Å². The highest BCUT2D eigenvalue weighted by atomic mass is 32.1. The molecular formula is C64H61BN2O2S. The van der Waals surface area contributed by atoms with Crippen LogP contribution in [-0.2, 0) is 27.1 Å². The average Bonchev–Trinajstić information content (AvgIpc) is 4.06. The number of aromatic nitrogens is 1. The van der Waals surface area contributed by atoms with Gasteiger partial charge in [0.2, 0.25) is 0 Å². The minimum atomic E-state index is -0.143.